The number of hydrogen-bond acceptors (Lipinski definition) is 5. The molecule has 3 N–H and O–H groups in total. The molecule has 0 aliphatic heterocycles. The summed E-state index contributed by atoms with van der Waals surface area (Å²) in [5.74, 6) is 5.99. The van der Waals surface area contributed by atoms with Crippen LogP contribution in [0.1, 0.15) is 19.2 Å². The van der Waals surface area contributed by atoms with Gasteiger partial charge in [0.15, 0.2) is 0 Å². The molecule has 0 aliphatic carbocycles. The first-order valence-electron chi connectivity index (χ1n) is 4.98. The number of aromatic nitrogens is 2. The number of alkyl halides is 3. The molecule has 0 saturated heterocycles. The van der Waals surface area contributed by atoms with E-state index < -0.39 is 19.2 Å². The van der Waals surface area contributed by atoms with Crippen LogP contribution in [0.25, 0.3) is 0 Å². The quantitative estimate of drug-likeness (QED) is 0.614. The average molecular weight is 250 g/mol. The molecule has 17 heavy (non-hydrogen) atoms. The number of hydrazine groups is 1. The zero-order valence-electron chi connectivity index (χ0n) is 9.21. The summed E-state index contributed by atoms with van der Waals surface area (Å²) in [5, 5.41) is 0. The van der Waals surface area contributed by atoms with Crippen molar-refractivity contribution in [2.45, 2.75) is 25.9 Å². The topological polar surface area (TPSA) is 73.1 Å². The molecule has 0 amide bonds. The minimum Gasteiger partial charge on any atom is -0.477 e. The number of nitrogens with two attached hydrogens (primary N) is 1. The molecule has 8 heteroatoms. The third-order valence-electron chi connectivity index (χ3n) is 1.85. The van der Waals surface area contributed by atoms with Gasteiger partial charge in [0.2, 0.25) is 5.88 Å². The Bertz CT molecular complexity index is 347. The lowest BCUT2D eigenvalue weighted by atomic mass is 10.4. The fourth-order valence-corrected chi connectivity index (χ4v) is 1.05. The van der Waals surface area contributed by atoms with Crippen LogP contribution in [0.3, 0.4) is 0 Å². The Labute approximate surface area is 96.2 Å². The van der Waals surface area contributed by atoms with Crippen molar-refractivity contribution in [1.82, 2.24) is 9.97 Å². The third kappa shape index (κ3) is 4.85. The first kappa shape index (κ1) is 13.5. The molecule has 5 nitrogen and oxygen atoms in total. The number of halogens is 3. The maximum Gasteiger partial charge on any atom is 0.392 e. The van der Waals surface area contributed by atoms with Gasteiger partial charge in [0.05, 0.1) is 13.0 Å². The van der Waals surface area contributed by atoms with E-state index in [1.807, 2.05) is 6.92 Å². The lowest BCUT2D eigenvalue weighted by molar-refractivity contribution is -0.139. The van der Waals surface area contributed by atoms with E-state index in [1.165, 1.54) is 6.07 Å². The number of nitrogen functional groups attached to an aromatic ring is 1. The first-order chi connectivity index (χ1) is 7.94. The second-order valence-electron chi connectivity index (χ2n) is 3.22. The zero-order chi connectivity index (χ0) is 12.9. The summed E-state index contributed by atoms with van der Waals surface area (Å²) in [5.41, 5.74) is 2.30. The predicted octanol–water partition coefficient (Wildman–Crippen LogP) is 1.66. The van der Waals surface area contributed by atoms with Crippen LogP contribution in [0.5, 0.6) is 5.88 Å². The molecular weight excluding hydrogens is 237 g/mol. The van der Waals surface area contributed by atoms with Gasteiger partial charge in [-0.1, -0.05) is 6.92 Å². The van der Waals surface area contributed by atoms with Crippen LogP contribution in [0, 0.1) is 0 Å². The molecule has 0 fully saturated rings. The monoisotopic (exact) mass is 250 g/mol. The molecule has 1 aromatic heterocycles. The minimum absolute atomic E-state index is 0.0778. The summed E-state index contributed by atoms with van der Waals surface area (Å²) in [6.45, 7) is 1.34. The van der Waals surface area contributed by atoms with Crippen molar-refractivity contribution in [3.63, 3.8) is 0 Å². The lowest BCUT2D eigenvalue weighted by Gasteiger charge is -2.09. The number of hydrogen-bond donors (Lipinski definition) is 2. The van der Waals surface area contributed by atoms with Gasteiger partial charge in [-0.3, -0.25) is 0 Å². The van der Waals surface area contributed by atoms with E-state index in [2.05, 4.69) is 15.4 Å². The third-order valence-corrected chi connectivity index (χ3v) is 1.85. The van der Waals surface area contributed by atoms with Crippen LogP contribution < -0.4 is 16.0 Å². The second kappa shape index (κ2) is 5.67. The number of rotatable bonds is 5. The normalized spacial score (nSPS) is 11.4. The highest BCUT2D eigenvalue weighted by Crippen LogP contribution is 2.20. The summed E-state index contributed by atoms with van der Waals surface area (Å²) in [6.07, 6.45) is -4.73. The van der Waals surface area contributed by atoms with Crippen molar-refractivity contribution >= 4 is 5.82 Å². The van der Waals surface area contributed by atoms with E-state index in [9.17, 15) is 13.2 Å². The van der Waals surface area contributed by atoms with Crippen LogP contribution in [0.15, 0.2) is 6.07 Å². The molecule has 0 saturated carbocycles. The van der Waals surface area contributed by atoms with E-state index in [1.54, 1.807) is 0 Å². The van der Waals surface area contributed by atoms with Crippen molar-refractivity contribution < 1.29 is 17.9 Å². The highest BCUT2D eigenvalue weighted by atomic mass is 19.4. The standard InChI is InChI=1S/C9H13F3N4O/c1-2-6-14-7(16-13)5-8(15-6)17-4-3-9(10,11)12/h5H,2-4,13H2,1H3,(H,14,15,16). The minimum atomic E-state index is -4.24. The zero-order valence-corrected chi connectivity index (χ0v) is 9.21. The summed E-state index contributed by atoms with van der Waals surface area (Å²) >= 11 is 0. The van der Waals surface area contributed by atoms with Gasteiger partial charge in [0, 0.05) is 12.5 Å². The number of aryl methyl sites for hydroxylation is 1. The maximum atomic E-state index is 11.9. The maximum absolute atomic E-state index is 11.9. The Morgan fingerprint density at radius 3 is 2.65 bits per heavy atom. The van der Waals surface area contributed by atoms with Gasteiger partial charge in [-0.15, -0.1) is 0 Å². The highest BCUT2D eigenvalue weighted by molar-refractivity contribution is 5.36. The van der Waals surface area contributed by atoms with Crippen molar-refractivity contribution in [2.75, 3.05) is 12.0 Å². The molecule has 0 spiro atoms. The SMILES string of the molecule is CCc1nc(NN)cc(OCCC(F)(F)F)n1. The predicted molar refractivity (Wildman–Crippen MR) is 55.4 cm³/mol. The van der Waals surface area contributed by atoms with E-state index in [-0.39, 0.29) is 5.88 Å². The van der Waals surface area contributed by atoms with Crippen LogP contribution >= 0.6 is 0 Å². The summed E-state index contributed by atoms with van der Waals surface area (Å²) in [4.78, 5) is 7.90. The molecule has 0 unspecified atom stereocenters. The summed E-state index contributed by atoms with van der Waals surface area (Å²) in [6, 6.07) is 1.34. The highest BCUT2D eigenvalue weighted by Gasteiger charge is 2.26. The van der Waals surface area contributed by atoms with E-state index in [4.69, 9.17) is 10.6 Å². The average Bonchev–Trinajstić information content (AvgIpc) is 2.26. The molecule has 0 aliphatic rings. The largest absolute Gasteiger partial charge is 0.477 e. The van der Waals surface area contributed by atoms with Gasteiger partial charge >= 0.3 is 6.18 Å². The lowest BCUT2D eigenvalue weighted by Crippen LogP contribution is -2.15. The van der Waals surface area contributed by atoms with Crippen LogP contribution in [-0.4, -0.2) is 22.8 Å². The van der Waals surface area contributed by atoms with Gasteiger partial charge in [-0.2, -0.15) is 18.2 Å². The van der Waals surface area contributed by atoms with Gasteiger partial charge in [0.25, 0.3) is 0 Å². The Hall–Kier alpha value is -1.57. The Morgan fingerprint density at radius 2 is 2.12 bits per heavy atom. The van der Waals surface area contributed by atoms with E-state index >= 15 is 0 Å². The van der Waals surface area contributed by atoms with E-state index in [0.717, 1.165) is 0 Å². The number of nitrogens with zero attached hydrogens (tertiary/aromatic N) is 2. The van der Waals surface area contributed by atoms with Gasteiger partial charge in [-0.25, -0.2) is 10.8 Å². The first-order valence-corrected chi connectivity index (χ1v) is 4.98. The van der Waals surface area contributed by atoms with Crippen molar-refractivity contribution in [3.05, 3.63) is 11.9 Å². The van der Waals surface area contributed by atoms with Gasteiger partial charge in [-0.05, 0) is 0 Å². The molecule has 0 atom stereocenters. The molecule has 1 heterocycles. The van der Waals surface area contributed by atoms with Crippen molar-refractivity contribution in [3.8, 4) is 5.88 Å². The number of nitrogens with one attached hydrogen (secondary N) is 1. The Morgan fingerprint density at radius 1 is 1.41 bits per heavy atom. The molecule has 1 aromatic rings. The fraction of sp³-hybridized carbons (Fsp3) is 0.556. The Balaban J connectivity index is 2.64. The van der Waals surface area contributed by atoms with Crippen LogP contribution in [0.4, 0.5) is 19.0 Å². The number of anilines is 1. The molecule has 96 valence electrons. The molecule has 0 aromatic carbocycles. The second-order valence-corrected chi connectivity index (χ2v) is 3.22. The Kier molecular flexibility index (Phi) is 4.50. The fourth-order valence-electron chi connectivity index (χ4n) is 1.05. The van der Waals surface area contributed by atoms with Crippen LogP contribution in [0.2, 0.25) is 0 Å². The molecule has 0 bridgehead atoms. The van der Waals surface area contributed by atoms with Crippen molar-refractivity contribution in [2.24, 2.45) is 5.84 Å². The van der Waals surface area contributed by atoms with E-state index in [0.29, 0.717) is 18.1 Å². The molecular formula is C9H13F3N4O. The summed E-state index contributed by atoms with van der Waals surface area (Å²) < 4.78 is 40.6. The van der Waals surface area contributed by atoms with Gasteiger partial charge < -0.3 is 10.2 Å². The van der Waals surface area contributed by atoms with Crippen LogP contribution in [-0.2, 0) is 6.42 Å². The van der Waals surface area contributed by atoms with Gasteiger partial charge in [0.1, 0.15) is 11.6 Å². The number of ether oxygens (including phenoxy) is 1. The molecule has 0 radical (unpaired) electrons. The van der Waals surface area contributed by atoms with Crippen molar-refractivity contribution in [1.29, 1.82) is 0 Å². The smallest absolute Gasteiger partial charge is 0.392 e. The summed E-state index contributed by atoms with van der Waals surface area (Å²) in [7, 11) is 0. The molecule has 1 rings (SSSR count).